The normalized spacial score (nSPS) is 11.8. The molecule has 5 nitrogen and oxygen atoms in total. The van der Waals surface area contributed by atoms with Gasteiger partial charge in [-0.3, -0.25) is 4.79 Å². The van der Waals surface area contributed by atoms with Gasteiger partial charge in [0.15, 0.2) is 0 Å². The number of esters is 2. The second-order valence-electron chi connectivity index (χ2n) is 9.58. The Morgan fingerprint density at radius 2 is 1.37 bits per heavy atom. The van der Waals surface area contributed by atoms with E-state index in [2.05, 4.69) is 19.1 Å². The minimum atomic E-state index is -0.472. The maximum atomic E-state index is 12.3. The van der Waals surface area contributed by atoms with Crippen LogP contribution in [0.25, 0.3) is 6.08 Å². The molecule has 0 aromatic heterocycles. The van der Waals surface area contributed by atoms with E-state index in [1.54, 1.807) is 26.2 Å². The number of carbonyl (C=O) groups is 2. The van der Waals surface area contributed by atoms with Gasteiger partial charge in [-0.15, -0.1) is 0 Å². The van der Waals surface area contributed by atoms with Gasteiger partial charge in [0, 0.05) is 6.42 Å². The lowest BCUT2D eigenvalue weighted by atomic mass is 10.1. The molecule has 0 aliphatic rings. The van der Waals surface area contributed by atoms with E-state index in [9.17, 15) is 9.59 Å². The molecule has 0 unspecified atom stereocenters. The third kappa shape index (κ3) is 17.6. The fraction of sp³-hybridized carbons (Fsp3) is 0.576. The van der Waals surface area contributed by atoms with Gasteiger partial charge in [-0.1, -0.05) is 94.7 Å². The second kappa shape index (κ2) is 23.3. The number of rotatable bonds is 22. The Labute approximate surface area is 231 Å². The Balaban J connectivity index is 2.04. The predicted molar refractivity (Wildman–Crippen MR) is 157 cm³/mol. The number of hydrogen-bond donors (Lipinski definition) is 0. The Morgan fingerprint density at radius 1 is 0.763 bits per heavy atom. The summed E-state index contributed by atoms with van der Waals surface area (Å²) in [6.45, 7) is 4.08. The third-order valence-electron chi connectivity index (χ3n) is 6.38. The predicted octanol–water partition coefficient (Wildman–Crippen LogP) is 8.78. The minimum Gasteiger partial charge on any atom is -0.497 e. The zero-order valence-corrected chi connectivity index (χ0v) is 24.1. The van der Waals surface area contributed by atoms with E-state index in [1.165, 1.54) is 57.8 Å². The molecule has 0 spiro atoms. The van der Waals surface area contributed by atoms with Crippen LogP contribution in [0.1, 0.15) is 109 Å². The molecule has 0 bridgehead atoms. The van der Waals surface area contributed by atoms with Gasteiger partial charge in [0.2, 0.25) is 0 Å². The van der Waals surface area contributed by atoms with Gasteiger partial charge in [0.1, 0.15) is 19.0 Å². The van der Waals surface area contributed by atoms with Crippen LogP contribution in [0.4, 0.5) is 0 Å². The molecule has 5 heteroatoms. The standard InChI is InChI=1S/C33H50O5/c1-4-6-7-8-9-10-11-12-13-14-15-16-17-18-19-22-32(34)38-28-30(5-2)33(35)37-27-20-21-29-23-25-31(36-3)26-24-29/h5,12-13,20-21,23-26H,4,6-11,14-19,22,27-28H2,1-3H3/b13-12-,21-20+,30-5-. The molecule has 0 N–H and O–H groups in total. The van der Waals surface area contributed by atoms with E-state index >= 15 is 0 Å². The summed E-state index contributed by atoms with van der Waals surface area (Å²) in [5.74, 6) is 0.0491. The van der Waals surface area contributed by atoms with Gasteiger partial charge < -0.3 is 14.2 Å². The minimum absolute atomic E-state index is 0.0541. The number of benzene rings is 1. The number of hydrogen-bond acceptors (Lipinski definition) is 5. The van der Waals surface area contributed by atoms with Crippen LogP contribution < -0.4 is 4.74 Å². The molecule has 0 amide bonds. The zero-order valence-electron chi connectivity index (χ0n) is 24.1. The van der Waals surface area contributed by atoms with E-state index in [-0.39, 0.29) is 19.2 Å². The molecule has 0 saturated heterocycles. The molecule has 0 saturated carbocycles. The summed E-state index contributed by atoms with van der Waals surface area (Å²) >= 11 is 0. The van der Waals surface area contributed by atoms with Crippen LogP contribution in [-0.4, -0.2) is 32.3 Å². The van der Waals surface area contributed by atoms with Crippen LogP contribution in [0, 0.1) is 0 Å². The van der Waals surface area contributed by atoms with Crippen molar-refractivity contribution in [1.82, 2.24) is 0 Å². The first-order valence-corrected chi connectivity index (χ1v) is 14.5. The SMILES string of the molecule is C/C=C(/COC(=O)CCCCCCC/C=C\CCCCCCCC)C(=O)OC/C=C/c1ccc(OC)cc1. The zero-order chi connectivity index (χ0) is 27.7. The highest BCUT2D eigenvalue weighted by atomic mass is 16.5. The molecule has 0 fully saturated rings. The molecular formula is C33H50O5. The topological polar surface area (TPSA) is 61.8 Å². The molecule has 1 aromatic rings. The number of carbonyl (C=O) groups excluding carboxylic acids is 2. The maximum absolute atomic E-state index is 12.3. The lowest BCUT2D eigenvalue weighted by Gasteiger charge is -2.08. The first-order chi connectivity index (χ1) is 18.6. The van der Waals surface area contributed by atoms with E-state index in [0.29, 0.717) is 12.0 Å². The summed E-state index contributed by atoms with van der Waals surface area (Å²) < 4.78 is 15.7. The molecule has 0 aliphatic carbocycles. The monoisotopic (exact) mass is 526 g/mol. The van der Waals surface area contributed by atoms with Crippen molar-refractivity contribution < 1.29 is 23.8 Å². The van der Waals surface area contributed by atoms with Gasteiger partial charge in [-0.05, 0) is 62.8 Å². The van der Waals surface area contributed by atoms with Gasteiger partial charge in [-0.2, -0.15) is 0 Å². The highest BCUT2D eigenvalue weighted by Crippen LogP contribution is 2.13. The number of allylic oxidation sites excluding steroid dienone is 3. The molecule has 1 aromatic carbocycles. The Hall–Kier alpha value is -2.82. The Kier molecular flexibility index (Phi) is 20.4. The van der Waals surface area contributed by atoms with Crippen molar-refractivity contribution in [3.05, 3.63) is 59.7 Å². The van der Waals surface area contributed by atoms with Crippen molar-refractivity contribution in [3.8, 4) is 5.75 Å². The van der Waals surface area contributed by atoms with E-state index in [0.717, 1.165) is 37.0 Å². The highest BCUT2D eigenvalue weighted by molar-refractivity contribution is 5.89. The van der Waals surface area contributed by atoms with Crippen molar-refractivity contribution in [2.75, 3.05) is 20.3 Å². The van der Waals surface area contributed by atoms with Crippen molar-refractivity contribution in [1.29, 1.82) is 0 Å². The highest BCUT2D eigenvalue weighted by Gasteiger charge is 2.12. The van der Waals surface area contributed by atoms with Gasteiger partial charge in [0.05, 0.1) is 12.7 Å². The molecule has 0 radical (unpaired) electrons. The van der Waals surface area contributed by atoms with Crippen LogP contribution in [0.3, 0.4) is 0 Å². The van der Waals surface area contributed by atoms with E-state index in [1.807, 2.05) is 30.3 Å². The molecule has 212 valence electrons. The number of unbranched alkanes of at least 4 members (excludes halogenated alkanes) is 11. The van der Waals surface area contributed by atoms with Crippen LogP contribution in [0.15, 0.2) is 54.1 Å². The molecule has 0 atom stereocenters. The van der Waals surface area contributed by atoms with Crippen LogP contribution in [0.5, 0.6) is 5.75 Å². The summed E-state index contributed by atoms with van der Waals surface area (Å²) in [5.41, 5.74) is 1.33. The summed E-state index contributed by atoms with van der Waals surface area (Å²) in [6, 6.07) is 7.58. The average molecular weight is 527 g/mol. The van der Waals surface area contributed by atoms with E-state index < -0.39 is 5.97 Å². The van der Waals surface area contributed by atoms with E-state index in [4.69, 9.17) is 14.2 Å². The number of methoxy groups -OCH3 is 1. The quantitative estimate of drug-likeness (QED) is 0.0654. The van der Waals surface area contributed by atoms with Crippen molar-refractivity contribution in [2.45, 2.75) is 104 Å². The second-order valence-corrected chi connectivity index (χ2v) is 9.58. The molecule has 0 heterocycles. The fourth-order valence-electron chi connectivity index (χ4n) is 3.95. The lowest BCUT2D eigenvalue weighted by Crippen LogP contribution is -2.15. The molecular weight excluding hydrogens is 476 g/mol. The van der Waals surface area contributed by atoms with Crippen molar-refractivity contribution in [2.24, 2.45) is 0 Å². The first-order valence-electron chi connectivity index (χ1n) is 14.5. The summed E-state index contributed by atoms with van der Waals surface area (Å²) in [4.78, 5) is 24.3. The first kappa shape index (κ1) is 33.2. The number of ether oxygens (including phenoxy) is 3. The molecule has 1 rings (SSSR count). The average Bonchev–Trinajstić information content (AvgIpc) is 2.93. The summed E-state index contributed by atoms with van der Waals surface area (Å²) in [5, 5.41) is 0. The fourth-order valence-corrected chi connectivity index (χ4v) is 3.95. The molecule has 38 heavy (non-hydrogen) atoms. The molecule has 0 aliphatic heterocycles. The van der Waals surface area contributed by atoms with Crippen LogP contribution in [-0.2, 0) is 19.1 Å². The maximum Gasteiger partial charge on any atom is 0.337 e. The Morgan fingerprint density at radius 3 is 1.97 bits per heavy atom. The van der Waals surface area contributed by atoms with Gasteiger partial charge >= 0.3 is 11.9 Å². The Bertz CT molecular complexity index is 835. The summed E-state index contributed by atoms with van der Waals surface area (Å²) in [6.07, 6.45) is 26.2. The smallest absolute Gasteiger partial charge is 0.337 e. The summed E-state index contributed by atoms with van der Waals surface area (Å²) in [7, 11) is 1.62. The third-order valence-corrected chi connectivity index (χ3v) is 6.38. The largest absolute Gasteiger partial charge is 0.497 e. The van der Waals surface area contributed by atoms with Gasteiger partial charge in [0.25, 0.3) is 0 Å². The lowest BCUT2D eigenvalue weighted by molar-refractivity contribution is -0.144. The van der Waals surface area contributed by atoms with Crippen LogP contribution in [0.2, 0.25) is 0 Å². The van der Waals surface area contributed by atoms with Crippen molar-refractivity contribution >= 4 is 18.0 Å². The van der Waals surface area contributed by atoms with Crippen molar-refractivity contribution in [3.63, 3.8) is 0 Å². The van der Waals surface area contributed by atoms with Gasteiger partial charge in [-0.25, -0.2) is 4.79 Å². The van der Waals surface area contributed by atoms with Crippen LogP contribution >= 0.6 is 0 Å².